The van der Waals surface area contributed by atoms with Crippen molar-refractivity contribution in [3.05, 3.63) is 24.3 Å². The zero-order valence-electron chi connectivity index (χ0n) is 13.5. The minimum absolute atomic E-state index is 0.143. The molecule has 2 N–H and O–H groups in total. The predicted octanol–water partition coefficient (Wildman–Crippen LogP) is 0.502. The van der Waals surface area contributed by atoms with Gasteiger partial charge in [-0.1, -0.05) is 0 Å². The zero-order chi connectivity index (χ0) is 17.9. The highest BCUT2D eigenvalue weighted by atomic mass is 32.1. The summed E-state index contributed by atoms with van der Waals surface area (Å²) in [5, 5.41) is 4.09. The minimum atomic E-state index is -0.871. The second-order valence-electron chi connectivity index (χ2n) is 5.21. The van der Waals surface area contributed by atoms with Crippen molar-refractivity contribution in [3.8, 4) is 5.75 Å². The Balaban J connectivity index is 2.06. The molecule has 1 aliphatic heterocycles. The van der Waals surface area contributed by atoms with E-state index in [0.29, 0.717) is 11.4 Å². The molecule has 1 heterocycles. The zero-order valence-corrected chi connectivity index (χ0v) is 14.3. The fourth-order valence-electron chi connectivity index (χ4n) is 2.26. The smallest absolute Gasteiger partial charge is 0.253 e. The van der Waals surface area contributed by atoms with Gasteiger partial charge in [0.1, 0.15) is 11.8 Å². The number of carbonyl (C=O) groups excluding carboxylic acids is 3. The second kappa shape index (κ2) is 7.26. The van der Waals surface area contributed by atoms with Gasteiger partial charge in [-0.3, -0.25) is 24.7 Å². The molecule has 0 spiro atoms. The Hall–Kier alpha value is -2.68. The lowest BCUT2D eigenvalue weighted by atomic mass is 10.2. The van der Waals surface area contributed by atoms with Crippen molar-refractivity contribution in [2.75, 3.05) is 19.5 Å². The molecule has 0 bridgehead atoms. The number of amides is 3. The van der Waals surface area contributed by atoms with E-state index in [9.17, 15) is 14.4 Å². The molecule has 2 rings (SSSR count). The summed E-state index contributed by atoms with van der Waals surface area (Å²) in [6.45, 7) is 1.31. The maximum absolute atomic E-state index is 12.2. The molecule has 0 aliphatic carbocycles. The quantitative estimate of drug-likeness (QED) is 0.752. The number of rotatable bonds is 5. The molecule has 1 aromatic rings. The Morgan fingerprint density at radius 2 is 1.92 bits per heavy atom. The van der Waals surface area contributed by atoms with E-state index in [2.05, 4.69) is 10.7 Å². The molecule has 3 amide bonds. The van der Waals surface area contributed by atoms with Gasteiger partial charge in [-0.15, -0.1) is 0 Å². The third-order valence-corrected chi connectivity index (χ3v) is 3.92. The van der Waals surface area contributed by atoms with E-state index in [1.165, 1.54) is 23.9 Å². The Morgan fingerprint density at radius 3 is 2.46 bits per heavy atom. The van der Waals surface area contributed by atoms with Gasteiger partial charge in [-0.05, 0) is 36.5 Å². The molecule has 1 saturated heterocycles. The highest BCUT2D eigenvalue weighted by Crippen LogP contribution is 2.19. The molecule has 0 saturated carbocycles. The molecule has 24 heavy (non-hydrogen) atoms. The summed E-state index contributed by atoms with van der Waals surface area (Å²) in [5.41, 5.74) is 3.06. The van der Waals surface area contributed by atoms with E-state index in [4.69, 9.17) is 17.0 Å². The Labute approximate surface area is 144 Å². The van der Waals surface area contributed by atoms with Crippen LogP contribution in [0.1, 0.15) is 13.3 Å². The number of hydrazine groups is 1. The first-order valence-corrected chi connectivity index (χ1v) is 7.56. The summed E-state index contributed by atoms with van der Waals surface area (Å²) < 4.78 is 5.05. The van der Waals surface area contributed by atoms with E-state index in [1.54, 1.807) is 31.4 Å². The van der Waals surface area contributed by atoms with Gasteiger partial charge in [-0.25, -0.2) is 5.01 Å². The maximum atomic E-state index is 12.2. The van der Waals surface area contributed by atoms with Crippen molar-refractivity contribution in [3.63, 3.8) is 0 Å². The van der Waals surface area contributed by atoms with Crippen LogP contribution in [-0.4, -0.2) is 52.9 Å². The molecular weight excluding hydrogens is 332 g/mol. The fourth-order valence-corrected chi connectivity index (χ4v) is 2.52. The topological polar surface area (TPSA) is 91.0 Å². The van der Waals surface area contributed by atoms with E-state index in [-0.39, 0.29) is 29.3 Å². The molecule has 0 aromatic heterocycles. The van der Waals surface area contributed by atoms with Crippen LogP contribution in [-0.2, 0) is 14.4 Å². The highest BCUT2D eigenvalue weighted by molar-refractivity contribution is 7.80. The number of thiocarbonyl (C=S) groups is 1. The first-order chi connectivity index (χ1) is 11.3. The third-order valence-electron chi connectivity index (χ3n) is 3.45. The van der Waals surface area contributed by atoms with Gasteiger partial charge >= 0.3 is 0 Å². The van der Waals surface area contributed by atoms with Crippen LogP contribution in [0.3, 0.4) is 0 Å². The summed E-state index contributed by atoms with van der Waals surface area (Å²) >= 11 is 5.12. The van der Waals surface area contributed by atoms with Crippen LogP contribution in [0.5, 0.6) is 5.75 Å². The number of nitrogens with one attached hydrogen (secondary N) is 2. The lowest BCUT2D eigenvalue weighted by molar-refractivity contribution is -0.131. The molecule has 1 aliphatic rings. The number of hydrogen-bond donors (Lipinski definition) is 2. The second-order valence-corrected chi connectivity index (χ2v) is 5.58. The average Bonchev–Trinajstić information content (AvgIpc) is 2.73. The number of likely N-dealkylation sites (N-methyl/N-ethyl adjacent to an activating group) is 1. The van der Waals surface area contributed by atoms with E-state index >= 15 is 0 Å². The Bertz CT molecular complexity index is 677. The van der Waals surface area contributed by atoms with Gasteiger partial charge in [0, 0.05) is 19.7 Å². The highest BCUT2D eigenvalue weighted by Gasteiger charge is 2.42. The first kappa shape index (κ1) is 17.7. The number of nitrogens with zero attached hydrogens (tertiary/aromatic N) is 2. The van der Waals surface area contributed by atoms with Crippen molar-refractivity contribution >= 4 is 40.7 Å². The van der Waals surface area contributed by atoms with Crippen LogP contribution in [0.15, 0.2) is 24.3 Å². The van der Waals surface area contributed by atoms with Gasteiger partial charge in [0.05, 0.1) is 13.5 Å². The van der Waals surface area contributed by atoms with Crippen molar-refractivity contribution in [1.82, 2.24) is 15.3 Å². The number of benzene rings is 1. The van der Waals surface area contributed by atoms with E-state index in [0.717, 1.165) is 0 Å². The standard InChI is InChI=1S/C15H18N4O4S/c1-9(20)17-19-12(14(22)18(2)15(19)24)8-13(21)16-10-4-6-11(23-3)7-5-10/h4-7,12H,8H2,1-3H3,(H,16,21)(H,17,20). The van der Waals surface area contributed by atoms with E-state index < -0.39 is 6.04 Å². The molecule has 1 fully saturated rings. The summed E-state index contributed by atoms with van der Waals surface area (Å²) in [5.74, 6) is -0.422. The normalized spacial score (nSPS) is 17.0. The van der Waals surface area contributed by atoms with Crippen molar-refractivity contribution in [2.24, 2.45) is 0 Å². The molecule has 9 heteroatoms. The summed E-state index contributed by atoms with van der Waals surface area (Å²) in [6.07, 6.45) is -0.143. The Morgan fingerprint density at radius 1 is 1.29 bits per heavy atom. The molecule has 1 unspecified atom stereocenters. The van der Waals surface area contributed by atoms with Gasteiger partial charge in [0.15, 0.2) is 5.11 Å². The van der Waals surface area contributed by atoms with E-state index in [1.807, 2.05) is 0 Å². The van der Waals surface area contributed by atoms with Crippen LogP contribution >= 0.6 is 12.2 Å². The van der Waals surface area contributed by atoms with Gasteiger partial charge in [0.2, 0.25) is 11.8 Å². The van der Waals surface area contributed by atoms with Gasteiger partial charge in [-0.2, -0.15) is 0 Å². The number of methoxy groups -OCH3 is 1. The first-order valence-electron chi connectivity index (χ1n) is 7.15. The minimum Gasteiger partial charge on any atom is -0.497 e. The summed E-state index contributed by atoms with van der Waals surface area (Å²) in [7, 11) is 3.05. The van der Waals surface area contributed by atoms with Crippen LogP contribution in [0, 0.1) is 0 Å². The fraction of sp³-hybridized carbons (Fsp3) is 0.333. The number of anilines is 1. The number of carbonyl (C=O) groups is 3. The van der Waals surface area contributed by atoms with Crippen LogP contribution in [0.25, 0.3) is 0 Å². The van der Waals surface area contributed by atoms with Crippen molar-refractivity contribution < 1.29 is 19.1 Å². The summed E-state index contributed by atoms with van der Waals surface area (Å²) in [4.78, 5) is 37.0. The van der Waals surface area contributed by atoms with Crippen molar-refractivity contribution in [2.45, 2.75) is 19.4 Å². The molecule has 1 atom stereocenters. The van der Waals surface area contributed by atoms with Gasteiger partial charge < -0.3 is 10.1 Å². The van der Waals surface area contributed by atoms with Crippen LogP contribution < -0.4 is 15.5 Å². The maximum Gasteiger partial charge on any atom is 0.253 e. The average molecular weight is 350 g/mol. The molecule has 1 aromatic carbocycles. The van der Waals surface area contributed by atoms with Crippen LogP contribution in [0.2, 0.25) is 0 Å². The molecule has 0 radical (unpaired) electrons. The molecular formula is C15H18N4O4S. The largest absolute Gasteiger partial charge is 0.497 e. The Kier molecular flexibility index (Phi) is 5.35. The monoisotopic (exact) mass is 350 g/mol. The lowest BCUT2D eigenvalue weighted by Gasteiger charge is -2.23. The molecule has 128 valence electrons. The molecule has 8 nitrogen and oxygen atoms in total. The van der Waals surface area contributed by atoms with Crippen molar-refractivity contribution in [1.29, 1.82) is 0 Å². The summed E-state index contributed by atoms with van der Waals surface area (Å²) in [6, 6.07) is 5.93. The predicted molar refractivity (Wildman–Crippen MR) is 91.1 cm³/mol. The third kappa shape index (κ3) is 3.80. The van der Waals surface area contributed by atoms with Crippen LogP contribution in [0.4, 0.5) is 5.69 Å². The SMILES string of the molecule is COc1ccc(NC(=O)CC2C(=O)N(C)C(=S)N2NC(C)=O)cc1. The lowest BCUT2D eigenvalue weighted by Crippen LogP contribution is -2.48. The number of ether oxygens (including phenoxy) is 1. The number of hydrogen-bond acceptors (Lipinski definition) is 5. The van der Waals surface area contributed by atoms with Gasteiger partial charge in [0.25, 0.3) is 5.91 Å².